The van der Waals surface area contributed by atoms with Crippen LogP contribution in [-0.4, -0.2) is 56.2 Å². The van der Waals surface area contributed by atoms with Crippen molar-refractivity contribution in [2.45, 2.75) is 12.8 Å². The first kappa shape index (κ1) is 16.8. The molecule has 1 aliphatic rings. The van der Waals surface area contributed by atoms with Crippen LogP contribution in [-0.2, 0) is 7.05 Å². The van der Waals surface area contributed by atoms with E-state index >= 15 is 0 Å². The van der Waals surface area contributed by atoms with E-state index in [9.17, 15) is 4.79 Å². The first-order chi connectivity index (χ1) is 11.7. The molecule has 2 aromatic rings. The second-order valence-corrected chi connectivity index (χ2v) is 6.93. The maximum atomic E-state index is 12.5. The Hall–Kier alpha value is -2.09. The lowest BCUT2D eigenvalue weighted by Crippen LogP contribution is -2.42. The van der Waals surface area contributed by atoms with Gasteiger partial charge >= 0.3 is 6.03 Å². The number of nitrogens with one attached hydrogen (secondary N) is 1. The van der Waals surface area contributed by atoms with Gasteiger partial charge in [-0.05, 0) is 48.1 Å². The number of nitrogens with zero attached hydrogens (tertiary/aromatic N) is 5. The maximum Gasteiger partial charge on any atom is 0.321 e. The van der Waals surface area contributed by atoms with Crippen molar-refractivity contribution in [2.75, 3.05) is 30.4 Å². The predicted molar refractivity (Wildman–Crippen MR) is 95.9 cm³/mol. The predicted octanol–water partition coefficient (Wildman–Crippen LogP) is 2.48. The molecule has 1 fully saturated rings. The van der Waals surface area contributed by atoms with Crippen LogP contribution < -0.4 is 5.32 Å². The number of urea groups is 1. The summed E-state index contributed by atoms with van der Waals surface area (Å²) in [5.41, 5.74) is 1.58. The van der Waals surface area contributed by atoms with Crippen molar-refractivity contribution < 1.29 is 4.79 Å². The van der Waals surface area contributed by atoms with Gasteiger partial charge in [0.1, 0.15) is 0 Å². The summed E-state index contributed by atoms with van der Waals surface area (Å²) in [6.45, 7) is 1.65. The molecule has 1 aliphatic heterocycles. The number of likely N-dealkylation sites (tertiary alicyclic amines) is 1. The molecule has 0 unspecified atom stereocenters. The van der Waals surface area contributed by atoms with Gasteiger partial charge in [-0.1, -0.05) is 12.1 Å². The summed E-state index contributed by atoms with van der Waals surface area (Å²) in [4.78, 5) is 15.9. The topological polar surface area (TPSA) is 75.9 Å². The van der Waals surface area contributed by atoms with Crippen LogP contribution in [0.2, 0.25) is 0 Å². The fourth-order valence-corrected chi connectivity index (χ4v) is 3.70. The van der Waals surface area contributed by atoms with Gasteiger partial charge in [-0.2, -0.15) is 16.6 Å². The monoisotopic (exact) mass is 346 g/mol. The number of amides is 2. The van der Waals surface area contributed by atoms with Crippen LogP contribution in [0.1, 0.15) is 12.8 Å². The number of rotatable bonds is 4. The Morgan fingerprint density at radius 1 is 1.46 bits per heavy atom. The lowest BCUT2D eigenvalue weighted by molar-refractivity contribution is 0.183. The van der Waals surface area contributed by atoms with Crippen LogP contribution in [0.25, 0.3) is 11.4 Å². The fourth-order valence-electron chi connectivity index (χ4n) is 2.96. The Morgan fingerprint density at radius 2 is 2.33 bits per heavy atom. The summed E-state index contributed by atoms with van der Waals surface area (Å²) in [6.07, 6.45) is 4.39. The summed E-state index contributed by atoms with van der Waals surface area (Å²) in [5.74, 6) is 2.25. The number of carbonyl (C=O) groups is 1. The highest BCUT2D eigenvalue weighted by Gasteiger charge is 2.23. The van der Waals surface area contributed by atoms with Gasteiger partial charge in [-0.3, -0.25) is 0 Å². The number of benzene rings is 1. The van der Waals surface area contributed by atoms with E-state index in [1.54, 1.807) is 7.05 Å². The standard InChI is InChI=1S/C16H22N6OS/c1-21-19-15(18-20-21)13-6-3-7-14(9-13)17-16(23)22-8-4-5-12(10-22)11-24-2/h3,6-7,9,12H,4-5,8,10-11H2,1-2H3,(H,17,23)/t12-/m0/s1. The van der Waals surface area contributed by atoms with E-state index < -0.39 is 0 Å². The largest absolute Gasteiger partial charge is 0.324 e. The molecule has 0 saturated carbocycles. The van der Waals surface area contributed by atoms with Crippen LogP contribution in [0, 0.1) is 5.92 Å². The van der Waals surface area contributed by atoms with Gasteiger partial charge in [0.05, 0.1) is 7.05 Å². The highest BCUT2D eigenvalue weighted by molar-refractivity contribution is 7.98. The van der Waals surface area contributed by atoms with Gasteiger partial charge in [-0.15, -0.1) is 10.2 Å². The van der Waals surface area contributed by atoms with E-state index in [-0.39, 0.29) is 6.03 Å². The number of tetrazole rings is 1. The number of anilines is 1. The van der Waals surface area contributed by atoms with E-state index in [4.69, 9.17) is 0 Å². The van der Waals surface area contributed by atoms with Gasteiger partial charge in [0.25, 0.3) is 0 Å². The zero-order valence-corrected chi connectivity index (χ0v) is 14.8. The highest BCUT2D eigenvalue weighted by Crippen LogP contribution is 2.22. The van der Waals surface area contributed by atoms with Crippen LogP contribution in [0.5, 0.6) is 0 Å². The summed E-state index contributed by atoms with van der Waals surface area (Å²) in [7, 11) is 1.73. The SMILES string of the molecule is CSC[C@H]1CCCN(C(=O)Nc2cccc(-c3nnn(C)n3)c2)C1. The second-order valence-electron chi connectivity index (χ2n) is 6.02. The van der Waals surface area contributed by atoms with Crippen LogP contribution >= 0.6 is 11.8 Å². The Balaban J connectivity index is 1.66. The fraction of sp³-hybridized carbons (Fsp3) is 0.500. The van der Waals surface area contributed by atoms with Gasteiger partial charge in [0.2, 0.25) is 5.82 Å². The summed E-state index contributed by atoms with van der Waals surface area (Å²) in [6, 6.07) is 7.50. The van der Waals surface area contributed by atoms with E-state index in [1.807, 2.05) is 40.9 Å². The normalized spacial score (nSPS) is 17.8. The third kappa shape index (κ3) is 4.05. The third-order valence-corrected chi connectivity index (χ3v) is 4.89. The Kier molecular flexibility index (Phi) is 5.34. The number of aryl methyl sites for hydroxylation is 1. The van der Waals surface area contributed by atoms with Gasteiger partial charge in [0.15, 0.2) is 0 Å². The number of hydrogen-bond donors (Lipinski definition) is 1. The average molecular weight is 346 g/mol. The summed E-state index contributed by atoms with van der Waals surface area (Å²) >= 11 is 1.85. The van der Waals surface area contributed by atoms with Gasteiger partial charge < -0.3 is 10.2 Å². The minimum atomic E-state index is -0.0370. The van der Waals surface area contributed by atoms with E-state index in [0.717, 1.165) is 36.5 Å². The van der Waals surface area contributed by atoms with E-state index in [1.165, 1.54) is 11.2 Å². The number of hydrogen-bond acceptors (Lipinski definition) is 5. The summed E-state index contributed by atoms with van der Waals surface area (Å²) < 4.78 is 0. The average Bonchev–Trinajstić information content (AvgIpc) is 3.02. The summed E-state index contributed by atoms with van der Waals surface area (Å²) in [5, 5.41) is 15.0. The Morgan fingerprint density at radius 3 is 3.08 bits per heavy atom. The maximum absolute atomic E-state index is 12.5. The number of thioether (sulfide) groups is 1. The molecule has 1 N–H and O–H groups in total. The molecule has 2 amide bonds. The van der Waals surface area contributed by atoms with Crippen LogP contribution in [0.3, 0.4) is 0 Å². The first-order valence-electron chi connectivity index (χ1n) is 8.05. The van der Waals surface area contributed by atoms with Crippen molar-refractivity contribution in [1.29, 1.82) is 0 Å². The molecular weight excluding hydrogens is 324 g/mol. The zero-order chi connectivity index (χ0) is 16.9. The molecule has 128 valence electrons. The molecule has 24 heavy (non-hydrogen) atoms. The van der Waals surface area contributed by atoms with E-state index in [2.05, 4.69) is 27.0 Å². The first-order valence-corrected chi connectivity index (χ1v) is 9.44. The Bertz CT molecular complexity index is 701. The zero-order valence-electron chi connectivity index (χ0n) is 14.0. The molecule has 0 spiro atoms. The number of aromatic nitrogens is 4. The lowest BCUT2D eigenvalue weighted by atomic mass is 10.0. The van der Waals surface area contributed by atoms with Crippen LogP contribution in [0.15, 0.2) is 24.3 Å². The molecule has 3 rings (SSSR count). The molecule has 0 aliphatic carbocycles. The molecule has 8 heteroatoms. The molecule has 1 saturated heterocycles. The van der Waals surface area contributed by atoms with Gasteiger partial charge in [0, 0.05) is 24.3 Å². The number of piperidine rings is 1. The molecular formula is C16H22N6OS. The van der Waals surface area contributed by atoms with Crippen molar-refractivity contribution >= 4 is 23.5 Å². The smallest absolute Gasteiger partial charge is 0.321 e. The minimum Gasteiger partial charge on any atom is -0.324 e. The van der Waals surface area contributed by atoms with Crippen molar-refractivity contribution in [3.63, 3.8) is 0 Å². The molecule has 1 aromatic heterocycles. The van der Waals surface area contributed by atoms with Crippen molar-refractivity contribution in [3.05, 3.63) is 24.3 Å². The number of carbonyl (C=O) groups excluding carboxylic acids is 1. The van der Waals surface area contributed by atoms with Crippen molar-refractivity contribution in [2.24, 2.45) is 13.0 Å². The van der Waals surface area contributed by atoms with Crippen molar-refractivity contribution in [1.82, 2.24) is 25.1 Å². The molecule has 2 heterocycles. The molecule has 0 radical (unpaired) electrons. The minimum absolute atomic E-state index is 0.0370. The lowest BCUT2D eigenvalue weighted by Gasteiger charge is -2.32. The molecule has 1 aromatic carbocycles. The molecule has 0 bridgehead atoms. The van der Waals surface area contributed by atoms with Crippen molar-refractivity contribution in [3.8, 4) is 11.4 Å². The highest BCUT2D eigenvalue weighted by atomic mass is 32.2. The van der Waals surface area contributed by atoms with Gasteiger partial charge in [-0.25, -0.2) is 4.79 Å². The molecule has 7 nitrogen and oxygen atoms in total. The molecule has 1 atom stereocenters. The third-order valence-electron chi connectivity index (χ3n) is 4.09. The van der Waals surface area contributed by atoms with Crippen LogP contribution in [0.4, 0.5) is 10.5 Å². The Labute approximate surface area is 145 Å². The van der Waals surface area contributed by atoms with E-state index in [0.29, 0.717) is 11.7 Å². The second kappa shape index (κ2) is 7.65. The quantitative estimate of drug-likeness (QED) is 0.920.